The number of amides is 1. The van der Waals surface area contributed by atoms with Crippen LogP contribution in [0.3, 0.4) is 0 Å². The number of nitrogens with zero attached hydrogens (tertiary/aromatic N) is 3. The summed E-state index contributed by atoms with van der Waals surface area (Å²) in [6.07, 6.45) is 1.31. The SMILES string of the molecule is CN=C(NCc1ccnn1C)NCC(C)(C)NC(=O)OC(C)(C)C. The lowest BCUT2D eigenvalue weighted by Gasteiger charge is -2.29. The lowest BCUT2D eigenvalue weighted by Crippen LogP contribution is -2.54. The van der Waals surface area contributed by atoms with Crippen molar-refractivity contribution in [2.24, 2.45) is 12.0 Å². The number of hydrogen-bond acceptors (Lipinski definition) is 4. The van der Waals surface area contributed by atoms with E-state index in [9.17, 15) is 4.79 Å². The number of nitrogens with one attached hydrogen (secondary N) is 3. The second-order valence-corrected chi connectivity index (χ2v) is 7.24. The number of carbonyl (C=O) groups is 1. The van der Waals surface area contributed by atoms with Gasteiger partial charge in [-0.1, -0.05) is 0 Å². The van der Waals surface area contributed by atoms with Gasteiger partial charge in [0.15, 0.2) is 5.96 Å². The summed E-state index contributed by atoms with van der Waals surface area (Å²) in [7, 11) is 3.59. The zero-order valence-corrected chi connectivity index (χ0v) is 15.7. The van der Waals surface area contributed by atoms with Gasteiger partial charge in [0.1, 0.15) is 5.60 Å². The van der Waals surface area contributed by atoms with E-state index in [0.717, 1.165) is 5.69 Å². The van der Waals surface area contributed by atoms with E-state index in [1.54, 1.807) is 17.9 Å². The molecule has 0 radical (unpaired) electrons. The first-order valence-corrected chi connectivity index (χ1v) is 7.95. The molecule has 0 aliphatic carbocycles. The molecule has 0 saturated carbocycles. The van der Waals surface area contributed by atoms with Gasteiger partial charge in [-0.25, -0.2) is 4.79 Å². The molecule has 1 rings (SSSR count). The molecular weight excluding hydrogens is 308 g/mol. The molecule has 3 N–H and O–H groups in total. The molecule has 0 aromatic carbocycles. The van der Waals surface area contributed by atoms with E-state index in [4.69, 9.17) is 4.74 Å². The summed E-state index contributed by atoms with van der Waals surface area (Å²) in [5.41, 5.74) is 0.0323. The van der Waals surface area contributed by atoms with Gasteiger partial charge >= 0.3 is 6.09 Å². The summed E-state index contributed by atoms with van der Waals surface area (Å²) >= 11 is 0. The van der Waals surface area contributed by atoms with Crippen molar-refractivity contribution in [3.8, 4) is 0 Å². The van der Waals surface area contributed by atoms with E-state index in [1.165, 1.54) is 0 Å². The molecule has 0 unspecified atom stereocenters. The van der Waals surface area contributed by atoms with Gasteiger partial charge < -0.3 is 20.7 Å². The van der Waals surface area contributed by atoms with E-state index >= 15 is 0 Å². The molecule has 136 valence electrons. The number of guanidine groups is 1. The Morgan fingerprint density at radius 2 is 1.96 bits per heavy atom. The molecule has 24 heavy (non-hydrogen) atoms. The third kappa shape index (κ3) is 7.34. The van der Waals surface area contributed by atoms with Crippen molar-refractivity contribution < 1.29 is 9.53 Å². The van der Waals surface area contributed by atoms with Gasteiger partial charge in [0.2, 0.25) is 0 Å². The Balaban J connectivity index is 2.46. The number of ether oxygens (including phenoxy) is 1. The summed E-state index contributed by atoms with van der Waals surface area (Å²) in [5.74, 6) is 0.648. The standard InChI is InChI=1S/C16H30N6O2/c1-15(2,3)24-14(23)21-16(4,5)11-19-13(17-6)18-10-12-8-9-20-22(12)7/h8-9H,10-11H2,1-7H3,(H,21,23)(H2,17,18,19). The van der Waals surface area contributed by atoms with Crippen molar-refractivity contribution in [3.63, 3.8) is 0 Å². The molecule has 1 amide bonds. The number of aliphatic imine (C=N–C) groups is 1. The molecule has 8 nitrogen and oxygen atoms in total. The van der Waals surface area contributed by atoms with Crippen molar-refractivity contribution in [3.05, 3.63) is 18.0 Å². The fourth-order valence-electron chi connectivity index (χ4n) is 1.90. The van der Waals surface area contributed by atoms with Crippen LogP contribution in [0.4, 0.5) is 4.79 Å². The highest BCUT2D eigenvalue weighted by atomic mass is 16.6. The maximum Gasteiger partial charge on any atom is 0.408 e. The lowest BCUT2D eigenvalue weighted by atomic mass is 10.1. The monoisotopic (exact) mass is 338 g/mol. The first-order valence-electron chi connectivity index (χ1n) is 7.95. The van der Waals surface area contributed by atoms with Crippen molar-refractivity contribution in [1.29, 1.82) is 0 Å². The van der Waals surface area contributed by atoms with Crippen LogP contribution in [0.25, 0.3) is 0 Å². The Hall–Kier alpha value is -2.25. The zero-order valence-electron chi connectivity index (χ0n) is 15.7. The number of rotatable bonds is 5. The first-order chi connectivity index (χ1) is 11.0. The molecule has 0 atom stereocenters. The second kappa shape index (κ2) is 8.03. The van der Waals surface area contributed by atoms with E-state index in [0.29, 0.717) is 19.0 Å². The summed E-state index contributed by atoms with van der Waals surface area (Å²) in [4.78, 5) is 16.1. The van der Waals surface area contributed by atoms with Gasteiger partial charge in [0, 0.05) is 26.8 Å². The molecule has 1 heterocycles. The highest BCUT2D eigenvalue weighted by Gasteiger charge is 2.24. The van der Waals surface area contributed by atoms with Crippen molar-refractivity contribution >= 4 is 12.1 Å². The van der Waals surface area contributed by atoms with E-state index in [2.05, 4.69) is 26.0 Å². The Kier molecular flexibility index (Phi) is 6.62. The average Bonchev–Trinajstić information content (AvgIpc) is 2.81. The Labute approximate surface area is 144 Å². The van der Waals surface area contributed by atoms with Gasteiger partial charge in [-0.15, -0.1) is 0 Å². The summed E-state index contributed by atoms with van der Waals surface area (Å²) in [5, 5.41) is 13.4. The van der Waals surface area contributed by atoms with Crippen LogP contribution >= 0.6 is 0 Å². The van der Waals surface area contributed by atoms with Gasteiger partial charge in [-0.05, 0) is 40.7 Å². The minimum absolute atomic E-state index is 0.438. The lowest BCUT2D eigenvalue weighted by molar-refractivity contribution is 0.0474. The average molecular weight is 338 g/mol. The van der Waals surface area contributed by atoms with Crippen molar-refractivity contribution in [2.45, 2.75) is 52.3 Å². The van der Waals surface area contributed by atoms with Gasteiger partial charge in [0.25, 0.3) is 0 Å². The molecule has 0 fully saturated rings. The smallest absolute Gasteiger partial charge is 0.408 e. The van der Waals surface area contributed by atoms with Crippen molar-refractivity contribution in [1.82, 2.24) is 25.7 Å². The molecule has 1 aromatic rings. The number of aromatic nitrogens is 2. The van der Waals surface area contributed by atoms with Crippen LogP contribution in [0.2, 0.25) is 0 Å². The Morgan fingerprint density at radius 1 is 1.29 bits per heavy atom. The van der Waals surface area contributed by atoms with Gasteiger partial charge in [-0.2, -0.15) is 5.10 Å². The van der Waals surface area contributed by atoms with Crippen LogP contribution in [0, 0.1) is 0 Å². The third-order valence-electron chi connectivity index (χ3n) is 3.12. The van der Waals surface area contributed by atoms with Crippen LogP contribution in [0.15, 0.2) is 17.3 Å². The maximum atomic E-state index is 11.9. The summed E-state index contributed by atoms with van der Waals surface area (Å²) in [6, 6.07) is 1.94. The molecule has 1 aromatic heterocycles. The summed E-state index contributed by atoms with van der Waals surface area (Å²) < 4.78 is 7.08. The van der Waals surface area contributed by atoms with Crippen LogP contribution in [-0.2, 0) is 18.3 Å². The molecule has 0 aliphatic rings. The largest absolute Gasteiger partial charge is 0.444 e. The molecule has 0 aliphatic heterocycles. The first kappa shape index (κ1) is 19.8. The van der Waals surface area contributed by atoms with Gasteiger partial charge in [0.05, 0.1) is 17.8 Å². The highest BCUT2D eigenvalue weighted by Crippen LogP contribution is 2.09. The molecule has 0 spiro atoms. The van der Waals surface area contributed by atoms with E-state index in [-0.39, 0.29) is 0 Å². The third-order valence-corrected chi connectivity index (χ3v) is 3.12. The zero-order chi connectivity index (χ0) is 18.4. The van der Waals surface area contributed by atoms with Crippen molar-refractivity contribution in [2.75, 3.05) is 13.6 Å². The van der Waals surface area contributed by atoms with E-state index < -0.39 is 17.2 Å². The number of alkyl carbamates (subject to hydrolysis) is 1. The Bertz CT molecular complexity index is 571. The fourth-order valence-corrected chi connectivity index (χ4v) is 1.90. The van der Waals surface area contributed by atoms with Gasteiger partial charge in [-0.3, -0.25) is 9.67 Å². The molecule has 8 heteroatoms. The quantitative estimate of drug-likeness (QED) is 0.557. The van der Waals surface area contributed by atoms with Crippen LogP contribution in [0.5, 0.6) is 0 Å². The minimum atomic E-state index is -0.520. The number of carbonyl (C=O) groups excluding carboxylic acids is 1. The topological polar surface area (TPSA) is 92.6 Å². The number of hydrogen-bond donors (Lipinski definition) is 3. The number of aryl methyl sites for hydroxylation is 1. The van der Waals surface area contributed by atoms with Crippen LogP contribution < -0.4 is 16.0 Å². The molecular formula is C16H30N6O2. The normalized spacial score (nSPS) is 12.7. The minimum Gasteiger partial charge on any atom is -0.444 e. The van der Waals surface area contributed by atoms with Crippen LogP contribution in [0.1, 0.15) is 40.3 Å². The maximum absolute atomic E-state index is 11.9. The Morgan fingerprint density at radius 3 is 2.46 bits per heavy atom. The predicted octanol–water partition coefficient (Wildman–Crippen LogP) is 1.39. The predicted molar refractivity (Wildman–Crippen MR) is 94.9 cm³/mol. The van der Waals surface area contributed by atoms with E-state index in [1.807, 2.05) is 47.7 Å². The molecule has 0 bridgehead atoms. The second-order valence-electron chi connectivity index (χ2n) is 7.24. The fraction of sp³-hybridized carbons (Fsp3) is 0.688. The highest BCUT2D eigenvalue weighted by molar-refractivity contribution is 5.79. The summed E-state index contributed by atoms with van der Waals surface area (Å²) in [6.45, 7) is 10.4. The molecule has 0 saturated heterocycles. The van der Waals surface area contributed by atoms with Crippen LogP contribution in [-0.4, -0.2) is 46.6 Å².